The van der Waals surface area contributed by atoms with Crippen LogP contribution in [0.2, 0.25) is 0 Å². The Morgan fingerprint density at radius 2 is 1.76 bits per heavy atom. The lowest BCUT2D eigenvalue weighted by atomic mass is 10.2. The summed E-state index contributed by atoms with van der Waals surface area (Å²) in [4.78, 5) is 4.36. The SMILES string of the molecule is CCCCS(=O)(=O)Nc1ccccc1Oc1cccc2cccnc12. The van der Waals surface area contributed by atoms with Crippen LogP contribution >= 0.6 is 0 Å². The van der Waals surface area contributed by atoms with E-state index in [2.05, 4.69) is 9.71 Å². The topological polar surface area (TPSA) is 68.3 Å². The van der Waals surface area contributed by atoms with Crippen LogP contribution in [0.1, 0.15) is 19.8 Å². The fourth-order valence-electron chi connectivity index (χ4n) is 2.47. The Hall–Kier alpha value is -2.60. The normalized spacial score (nSPS) is 11.4. The molecule has 2 aromatic carbocycles. The highest BCUT2D eigenvalue weighted by Crippen LogP contribution is 2.33. The third kappa shape index (κ3) is 4.28. The summed E-state index contributed by atoms with van der Waals surface area (Å²) in [7, 11) is -3.40. The number of hydrogen-bond donors (Lipinski definition) is 1. The van der Waals surface area contributed by atoms with Gasteiger partial charge in [-0.2, -0.15) is 0 Å². The van der Waals surface area contributed by atoms with E-state index in [4.69, 9.17) is 4.74 Å². The predicted molar refractivity (Wildman–Crippen MR) is 101 cm³/mol. The molecule has 0 saturated heterocycles. The number of aromatic nitrogens is 1. The van der Waals surface area contributed by atoms with Crippen molar-refractivity contribution < 1.29 is 13.2 Å². The average molecular weight is 356 g/mol. The number of para-hydroxylation sites is 3. The van der Waals surface area contributed by atoms with Gasteiger partial charge < -0.3 is 4.74 Å². The summed E-state index contributed by atoms with van der Waals surface area (Å²) in [5.74, 6) is 1.12. The van der Waals surface area contributed by atoms with E-state index in [-0.39, 0.29) is 5.75 Å². The molecular weight excluding hydrogens is 336 g/mol. The van der Waals surface area contributed by atoms with Crippen molar-refractivity contribution in [2.45, 2.75) is 19.8 Å². The van der Waals surface area contributed by atoms with Crippen molar-refractivity contribution in [1.29, 1.82) is 0 Å². The lowest BCUT2D eigenvalue weighted by Gasteiger charge is -2.14. The van der Waals surface area contributed by atoms with E-state index < -0.39 is 10.0 Å². The fraction of sp³-hybridized carbons (Fsp3) is 0.211. The second-order valence-corrected chi connectivity index (χ2v) is 7.55. The molecule has 1 aromatic heterocycles. The van der Waals surface area contributed by atoms with Gasteiger partial charge in [0, 0.05) is 11.6 Å². The molecule has 130 valence electrons. The van der Waals surface area contributed by atoms with Crippen molar-refractivity contribution in [3.8, 4) is 11.5 Å². The van der Waals surface area contributed by atoms with Crippen LogP contribution in [0.3, 0.4) is 0 Å². The van der Waals surface area contributed by atoms with Gasteiger partial charge in [-0.15, -0.1) is 0 Å². The molecule has 0 unspecified atom stereocenters. The highest BCUT2D eigenvalue weighted by atomic mass is 32.2. The third-order valence-electron chi connectivity index (χ3n) is 3.73. The Morgan fingerprint density at radius 1 is 1.00 bits per heavy atom. The lowest BCUT2D eigenvalue weighted by Crippen LogP contribution is -2.16. The minimum Gasteiger partial charge on any atom is -0.453 e. The van der Waals surface area contributed by atoms with Crippen LogP contribution in [0.4, 0.5) is 5.69 Å². The Morgan fingerprint density at radius 3 is 2.60 bits per heavy atom. The first kappa shape index (κ1) is 17.2. The number of sulfonamides is 1. The van der Waals surface area contributed by atoms with Gasteiger partial charge >= 0.3 is 0 Å². The van der Waals surface area contributed by atoms with Gasteiger partial charge in [-0.1, -0.05) is 43.7 Å². The number of pyridine rings is 1. The van der Waals surface area contributed by atoms with E-state index in [0.717, 1.165) is 17.3 Å². The Balaban J connectivity index is 1.91. The molecule has 0 aliphatic heterocycles. The Labute approximate surface area is 147 Å². The van der Waals surface area contributed by atoms with Crippen LogP contribution < -0.4 is 9.46 Å². The second-order valence-electron chi connectivity index (χ2n) is 5.70. The maximum Gasteiger partial charge on any atom is 0.232 e. The molecule has 0 amide bonds. The summed E-state index contributed by atoms with van der Waals surface area (Å²) >= 11 is 0. The van der Waals surface area contributed by atoms with Gasteiger partial charge in [-0.25, -0.2) is 8.42 Å². The van der Waals surface area contributed by atoms with E-state index in [1.54, 1.807) is 30.5 Å². The van der Waals surface area contributed by atoms with E-state index in [9.17, 15) is 8.42 Å². The molecule has 0 aliphatic rings. The second kappa shape index (κ2) is 7.53. The molecule has 1 N–H and O–H groups in total. The molecule has 6 heteroatoms. The Bertz CT molecular complexity index is 966. The number of rotatable bonds is 7. The first-order chi connectivity index (χ1) is 12.1. The summed E-state index contributed by atoms with van der Waals surface area (Å²) in [6.07, 6.45) is 3.14. The number of hydrogen-bond acceptors (Lipinski definition) is 4. The lowest BCUT2D eigenvalue weighted by molar-refractivity contribution is 0.489. The highest BCUT2D eigenvalue weighted by molar-refractivity contribution is 7.92. The number of unbranched alkanes of at least 4 members (excludes halogenated alkanes) is 1. The molecule has 1 heterocycles. The molecule has 0 spiro atoms. The van der Waals surface area contributed by atoms with Gasteiger partial charge in [-0.05, 0) is 30.7 Å². The molecule has 0 atom stereocenters. The number of nitrogens with one attached hydrogen (secondary N) is 1. The van der Waals surface area contributed by atoms with E-state index >= 15 is 0 Å². The van der Waals surface area contributed by atoms with Crippen LogP contribution in [-0.4, -0.2) is 19.2 Å². The summed E-state index contributed by atoms with van der Waals surface area (Å²) in [5.41, 5.74) is 1.15. The van der Waals surface area contributed by atoms with Gasteiger partial charge in [0.05, 0.1) is 11.4 Å². The average Bonchev–Trinajstić information content (AvgIpc) is 2.62. The molecule has 0 bridgehead atoms. The number of benzene rings is 2. The summed E-state index contributed by atoms with van der Waals surface area (Å²) in [6, 6.07) is 16.5. The van der Waals surface area contributed by atoms with Crippen molar-refractivity contribution in [2.75, 3.05) is 10.5 Å². The van der Waals surface area contributed by atoms with Crippen LogP contribution in [-0.2, 0) is 10.0 Å². The van der Waals surface area contributed by atoms with E-state index in [0.29, 0.717) is 23.6 Å². The molecule has 0 aliphatic carbocycles. The molecule has 25 heavy (non-hydrogen) atoms. The molecule has 0 fully saturated rings. The van der Waals surface area contributed by atoms with Gasteiger partial charge in [-0.3, -0.25) is 9.71 Å². The summed E-state index contributed by atoms with van der Waals surface area (Å²) in [6.45, 7) is 1.96. The smallest absolute Gasteiger partial charge is 0.232 e. The van der Waals surface area contributed by atoms with Crippen LogP contribution in [0.15, 0.2) is 60.8 Å². The van der Waals surface area contributed by atoms with Crippen molar-refractivity contribution in [3.05, 3.63) is 60.8 Å². The minimum atomic E-state index is -3.40. The van der Waals surface area contributed by atoms with E-state index in [1.807, 2.05) is 37.3 Å². The standard InChI is InChI=1S/C19H20N2O3S/c1-2-3-14-25(22,23)21-16-10-4-5-11-17(16)24-18-12-6-8-15-9-7-13-20-19(15)18/h4-13,21H,2-3,14H2,1H3. The zero-order chi connectivity index (χ0) is 17.7. The monoisotopic (exact) mass is 356 g/mol. The highest BCUT2D eigenvalue weighted by Gasteiger charge is 2.14. The zero-order valence-electron chi connectivity index (χ0n) is 14.0. The minimum absolute atomic E-state index is 0.0909. The largest absolute Gasteiger partial charge is 0.453 e. The number of nitrogens with zero attached hydrogens (tertiary/aromatic N) is 1. The van der Waals surface area contributed by atoms with Crippen LogP contribution in [0.25, 0.3) is 10.9 Å². The van der Waals surface area contributed by atoms with Crippen molar-refractivity contribution in [1.82, 2.24) is 4.98 Å². The predicted octanol–water partition coefficient (Wildman–Crippen LogP) is 4.57. The molecule has 3 rings (SSSR count). The molecule has 0 radical (unpaired) electrons. The van der Waals surface area contributed by atoms with Crippen molar-refractivity contribution in [2.24, 2.45) is 0 Å². The molecular formula is C19H20N2O3S. The van der Waals surface area contributed by atoms with Crippen molar-refractivity contribution in [3.63, 3.8) is 0 Å². The van der Waals surface area contributed by atoms with Crippen molar-refractivity contribution >= 4 is 26.6 Å². The quantitative estimate of drug-likeness (QED) is 0.673. The van der Waals surface area contributed by atoms with Gasteiger partial charge in [0.25, 0.3) is 0 Å². The first-order valence-corrected chi connectivity index (χ1v) is 9.85. The Kier molecular flexibility index (Phi) is 5.19. The number of anilines is 1. The molecule has 3 aromatic rings. The summed E-state index contributed by atoms with van der Waals surface area (Å²) in [5, 5.41) is 0.959. The zero-order valence-corrected chi connectivity index (χ0v) is 14.8. The first-order valence-electron chi connectivity index (χ1n) is 8.20. The van der Waals surface area contributed by atoms with Crippen LogP contribution in [0, 0.1) is 0 Å². The maximum absolute atomic E-state index is 12.2. The maximum atomic E-state index is 12.2. The fourth-order valence-corrected chi connectivity index (χ4v) is 3.74. The number of ether oxygens (including phenoxy) is 1. The molecule has 5 nitrogen and oxygen atoms in total. The molecule has 0 saturated carbocycles. The van der Waals surface area contributed by atoms with Gasteiger partial charge in [0.2, 0.25) is 10.0 Å². The van der Waals surface area contributed by atoms with Gasteiger partial charge in [0.1, 0.15) is 5.52 Å². The van der Waals surface area contributed by atoms with Gasteiger partial charge in [0.15, 0.2) is 11.5 Å². The third-order valence-corrected chi connectivity index (χ3v) is 5.09. The number of fused-ring (bicyclic) bond motifs is 1. The van der Waals surface area contributed by atoms with Crippen LogP contribution in [0.5, 0.6) is 11.5 Å². The van der Waals surface area contributed by atoms with E-state index in [1.165, 1.54) is 0 Å². The summed E-state index contributed by atoms with van der Waals surface area (Å²) < 4.78 is 33.0.